The maximum absolute atomic E-state index is 4.23. The molecular formula is C13H28N4. The third-order valence-corrected chi connectivity index (χ3v) is 3.28. The van der Waals surface area contributed by atoms with Crippen molar-refractivity contribution in [3.63, 3.8) is 0 Å². The van der Waals surface area contributed by atoms with Crippen LogP contribution in [0.4, 0.5) is 0 Å². The van der Waals surface area contributed by atoms with Crippen LogP contribution in [0.15, 0.2) is 4.99 Å². The summed E-state index contributed by atoms with van der Waals surface area (Å²) < 4.78 is 0. The molecule has 0 aromatic heterocycles. The Labute approximate surface area is 106 Å². The van der Waals surface area contributed by atoms with Crippen LogP contribution < -0.4 is 10.6 Å². The molecular weight excluding hydrogens is 212 g/mol. The minimum Gasteiger partial charge on any atom is -0.356 e. The molecule has 100 valence electrons. The fourth-order valence-electron chi connectivity index (χ4n) is 1.75. The Hall–Kier alpha value is -0.770. The van der Waals surface area contributed by atoms with Crippen LogP contribution in [-0.2, 0) is 0 Å². The van der Waals surface area contributed by atoms with E-state index in [1.165, 1.54) is 12.8 Å². The molecule has 0 bridgehead atoms. The molecule has 1 fully saturated rings. The first-order chi connectivity index (χ1) is 8.04. The number of hydrogen-bond acceptors (Lipinski definition) is 2. The largest absolute Gasteiger partial charge is 0.356 e. The molecule has 4 heteroatoms. The average molecular weight is 240 g/mol. The van der Waals surface area contributed by atoms with Crippen molar-refractivity contribution in [2.45, 2.75) is 45.7 Å². The molecule has 1 aliphatic rings. The van der Waals surface area contributed by atoms with Crippen LogP contribution >= 0.6 is 0 Å². The zero-order valence-electron chi connectivity index (χ0n) is 12.0. The van der Waals surface area contributed by atoms with E-state index >= 15 is 0 Å². The van der Waals surface area contributed by atoms with Crippen molar-refractivity contribution in [1.82, 2.24) is 15.5 Å². The highest BCUT2D eigenvalue weighted by Gasteiger charge is 2.28. The Bertz CT molecular complexity index is 246. The molecule has 1 rings (SSSR count). The summed E-state index contributed by atoms with van der Waals surface area (Å²) >= 11 is 0. The lowest BCUT2D eigenvalue weighted by molar-refractivity contribution is 0.247. The Morgan fingerprint density at radius 2 is 1.82 bits per heavy atom. The summed E-state index contributed by atoms with van der Waals surface area (Å²) in [5.41, 5.74) is 0. The van der Waals surface area contributed by atoms with Crippen LogP contribution in [0.25, 0.3) is 0 Å². The lowest BCUT2D eigenvalue weighted by atomic mass is 10.2. The highest BCUT2D eigenvalue weighted by atomic mass is 15.2. The van der Waals surface area contributed by atoms with Crippen molar-refractivity contribution >= 4 is 5.96 Å². The number of aliphatic imine (C=N–C) groups is 1. The monoisotopic (exact) mass is 240 g/mol. The molecule has 1 atom stereocenters. The standard InChI is InChI=1S/C13H28N4/c1-10(2)8-15-13(14-4)16-9-11(3)17(5)12-6-7-12/h10-12H,6-9H2,1-5H3,(H2,14,15,16). The van der Waals surface area contributed by atoms with E-state index in [9.17, 15) is 0 Å². The van der Waals surface area contributed by atoms with Gasteiger partial charge in [0.15, 0.2) is 5.96 Å². The summed E-state index contributed by atoms with van der Waals surface area (Å²) in [6.07, 6.45) is 2.72. The minimum absolute atomic E-state index is 0.556. The first-order valence-electron chi connectivity index (χ1n) is 6.71. The maximum Gasteiger partial charge on any atom is 0.191 e. The predicted octanol–water partition coefficient (Wildman–Crippen LogP) is 1.29. The molecule has 0 radical (unpaired) electrons. The first-order valence-corrected chi connectivity index (χ1v) is 6.71. The van der Waals surface area contributed by atoms with Gasteiger partial charge in [-0.05, 0) is 32.7 Å². The zero-order chi connectivity index (χ0) is 12.8. The topological polar surface area (TPSA) is 39.7 Å². The van der Waals surface area contributed by atoms with E-state index in [-0.39, 0.29) is 0 Å². The number of rotatable bonds is 6. The third-order valence-electron chi connectivity index (χ3n) is 3.28. The van der Waals surface area contributed by atoms with Gasteiger partial charge in [-0.3, -0.25) is 9.89 Å². The van der Waals surface area contributed by atoms with Gasteiger partial charge in [0, 0.05) is 32.2 Å². The van der Waals surface area contributed by atoms with E-state index in [0.29, 0.717) is 12.0 Å². The molecule has 0 aromatic rings. The van der Waals surface area contributed by atoms with Crippen molar-refractivity contribution in [2.75, 3.05) is 27.2 Å². The second-order valence-corrected chi connectivity index (χ2v) is 5.47. The van der Waals surface area contributed by atoms with Gasteiger partial charge in [-0.15, -0.1) is 0 Å². The van der Waals surface area contributed by atoms with Crippen molar-refractivity contribution in [3.05, 3.63) is 0 Å². The first kappa shape index (κ1) is 14.3. The molecule has 1 saturated carbocycles. The fraction of sp³-hybridized carbons (Fsp3) is 0.923. The van der Waals surface area contributed by atoms with Crippen molar-refractivity contribution in [1.29, 1.82) is 0 Å². The van der Waals surface area contributed by atoms with E-state index in [1.54, 1.807) is 0 Å². The Kier molecular flexibility index (Phi) is 5.75. The minimum atomic E-state index is 0.556. The quantitative estimate of drug-likeness (QED) is 0.543. The molecule has 0 saturated heterocycles. The molecule has 0 aromatic carbocycles. The van der Waals surface area contributed by atoms with Gasteiger partial charge in [-0.2, -0.15) is 0 Å². The van der Waals surface area contributed by atoms with Crippen LogP contribution in [0.1, 0.15) is 33.6 Å². The molecule has 17 heavy (non-hydrogen) atoms. The van der Waals surface area contributed by atoms with Crippen molar-refractivity contribution < 1.29 is 0 Å². The SMILES string of the molecule is CN=C(NCC(C)C)NCC(C)N(C)C1CC1. The van der Waals surface area contributed by atoms with E-state index < -0.39 is 0 Å². The Morgan fingerprint density at radius 1 is 1.24 bits per heavy atom. The normalized spacial score (nSPS) is 18.6. The second kappa shape index (κ2) is 6.84. The molecule has 1 unspecified atom stereocenters. The fourth-order valence-corrected chi connectivity index (χ4v) is 1.75. The Balaban J connectivity index is 2.22. The number of nitrogens with zero attached hydrogens (tertiary/aromatic N) is 2. The molecule has 1 aliphatic carbocycles. The summed E-state index contributed by atoms with van der Waals surface area (Å²) in [7, 11) is 4.04. The van der Waals surface area contributed by atoms with E-state index in [4.69, 9.17) is 0 Å². The summed E-state index contributed by atoms with van der Waals surface area (Å²) in [5.74, 6) is 1.55. The van der Waals surface area contributed by atoms with Gasteiger partial charge in [-0.1, -0.05) is 13.8 Å². The lowest BCUT2D eigenvalue weighted by Crippen LogP contribution is -2.46. The van der Waals surface area contributed by atoms with Crippen LogP contribution in [0.3, 0.4) is 0 Å². The predicted molar refractivity (Wildman–Crippen MR) is 74.4 cm³/mol. The number of hydrogen-bond donors (Lipinski definition) is 2. The van der Waals surface area contributed by atoms with Crippen molar-refractivity contribution in [3.8, 4) is 0 Å². The van der Waals surface area contributed by atoms with Gasteiger partial charge in [0.05, 0.1) is 0 Å². The molecule has 0 spiro atoms. The van der Waals surface area contributed by atoms with Gasteiger partial charge >= 0.3 is 0 Å². The molecule has 4 nitrogen and oxygen atoms in total. The maximum atomic E-state index is 4.23. The van der Waals surface area contributed by atoms with Crippen LogP contribution in [0.5, 0.6) is 0 Å². The van der Waals surface area contributed by atoms with Crippen LogP contribution in [-0.4, -0.2) is 50.1 Å². The van der Waals surface area contributed by atoms with Crippen LogP contribution in [0.2, 0.25) is 0 Å². The van der Waals surface area contributed by atoms with E-state index in [0.717, 1.165) is 25.1 Å². The zero-order valence-corrected chi connectivity index (χ0v) is 12.0. The van der Waals surface area contributed by atoms with E-state index in [1.807, 2.05) is 7.05 Å². The van der Waals surface area contributed by atoms with Gasteiger partial charge in [0.25, 0.3) is 0 Å². The van der Waals surface area contributed by atoms with Gasteiger partial charge in [0.2, 0.25) is 0 Å². The molecule has 2 N–H and O–H groups in total. The lowest BCUT2D eigenvalue weighted by Gasteiger charge is -2.25. The molecule has 0 aliphatic heterocycles. The number of likely N-dealkylation sites (N-methyl/N-ethyl adjacent to an activating group) is 1. The Morgan fingerprint density at radius 3 is 2.29 bits per heavy atom. The number of nitrogens with one attached hydrogen (secondary N) is 2. The second-order valence-electron chi connectivity index (χ2n) is 5.47. The number of guanidine groups is 1. The van der Waals surface area contributed by atoms with Gasteiger partial charge in [0.1, 0.15) is 0 Å². The average Bonchev–Trinajstić information content (AvgIpc) is 3.11. The third kappa shape index (κ3) is 5.39. The highest BCUT2D eigenvalue weighted by molar-refractivity contribution is 5.79. The van der Waals surface area contributed by atoms with Crippen molar-refractivity contribution in [2.24, 2.45) is 10.9 Å². The molecule has 0 amide bonds. The summed E-state index contributed by atoms with van der Waals surface area (Å²) in [5, 5.41) is 6.71. The summed E-state index contributed by atoms with van der Waals surface area (Å²) in [6, 6.07) is 1.37. The summed E-state index contributed by atoms with van der Waals surface area (Å²) in [4.78, 5) is 6.69. The van der Waals surface area contributed by atoms with Gasteiger partial charge < -0.3 is 10.6 Å². The molecule has 0 heterocycles. The summed E-state index contributed by atoms with van der Waals surface area (Å²) in [6.45, 7) is 8.58. The highest BCUT2D eigenvalue weighted by Crippen LogP contribution is 2.26. The van der Waals surface area contributed by atoms with E-state index in [2.05, 4.69) is 48.3 Å². The smallest absolute Gasteiger partial charge is 0.191 e. The van der Waals surface area contributed by atoms with Gasteiger partial charge in [-0.25, -0.2) is 0 Å². The van der Waals surface area contributed by atoms with Crippen LogP contribution in [0, 0.1) is 5.92 Å².